The standard InChI is InChI=1S/C17H16N2O/c1-12(18)14-8-9-19-17(11-14)20-16-7-6-13-4-2-3-5-15(13)10-16/h2-12H,18H2,1H3. The molecule has 100 valence electrons. The van der Waals surface area contributed by atoms with E-state index < -0.39 is 0 Å². The maximum atomic E-state index is 5.87. The van der Waals surface area contributed by atoms with Gasteiger partial charge < -0.3 is 10.5 Å². The van der Waals surface area contributed by atoms with Crippen LogP contribution in [0.4, 0.5) is 0 Å². The van der Waals surface area contributed by atoms with Gasteiger partial charge in [-0.05, 0) is 41.5 Å². The van der Waals surface area contributed by atoms with Gasteiger partial charge in [0.25, 0.3) is 0 Å². The van der Waals surface area contributed by atoms with Gasteiger partial charge in [0.2, 0.25) is 5.88 Å². The van der Waals surface area contributed by atoms with Crippen molar-refractivity contribution in [1.29, 1.82) is 0 Å². The van der Waals surface area contributed by atoms with Crippen molar-refractivity contribution in [3.8, 4) is 11.6 Å². The molecule has 1 unspecified atom stereocenters. The van der Waals surface area contributed by atoms with Crippen LogP contribution in [0.1, 0.15) is 18.5 Å². The van der Waals surface area contributed by atoms with E-state index in [0.29, 0.717) is 5.88 Å². The molecule has 2 aromatic carbocycles. The highest BCUT2D eigenvalue weighted by atomic mass is 16.5. The lowest BCUT2D eigenvalue weighted by atomic mass is 10.1. The molecule has 3 rings (SSSR count). The Labute approximate surface area is 118 Å². The third-order valence-electron chi connectivity index (χ3n) is 3.23. The predicted octanol–water partition coefficient (Wildman–Crippen LogP) is 4.05. The summed E-state index contributed by atoms with van der Waals surface area (Å²) in [4.78, 5) is 4.22. The second-order valence-electron chi connectivity index (χ2n) is 4.83. The minimum Gasteiger partial charge on any atom is -0.439 e. The topological polar surface area (TPSA) is 48.1 Å². The molecule has 20 heavy (non-hydrogen) atoms. The van der Waals surface area contributed by atoms with E-state index in [4.69, 9.17) is 10.5 Å². The molecule has 3 nitrogen and oxygen atoms in total. The number of nitrogens with two attached hydrogens (primary N) is 1. The Balaban J connectivity index is 1.90. The van der Waals surface area contributed by atoms with E-state index in [1.165, 1.54) is 5.39 Å². The Morgan fingerprint density at radius 3 is 2.60 bits per heavy atom. The van der Waals surface area contributed by atoms with Crippen molar-refractivity contribution in [2.24, 2.45) is 5.73 Å². The van der Waals surface area contributed by atoms with Crippen molar-refractivity contribution in [2.75, 3.05) is 0 Å². The molecule has 1 heterocycles. The molecule has 1 atom stereocenters. The van der Waals surface area contributed by atoms with Crippen molar-refractivity contribution in [3.05, 3.63) is 66.4 Å². The van der Waals surface area contributed by atoms with Crippen LogP contribution in [0.5, 0.6) is 11.6 Å². The molecule has 2 N–H and O–H groups in total. The minimum absolute atomic E-state index is 0.0306. The van der Waals surface area contributed by atoms with E-state index in [0.717, 1.165) is 16.7 Å². The summed E-state index contributed by atoms with van der Waals surface area (Å²) >= 11 is 0. The Bertz CT molecular complexity index is 738. The molecule has 0 fully saturated rings. The fourth-order valence-electron chi connectivity index (χ4n) is 2.12. The fraction of sp³-hybridized carbons (Fsp3) is 0.118. The zero-order chi connectivity index (χ0) is 13.9. The molecule has 0 aliphatic carbocycles. The molecule has 0 saturated carbocycles. The molecule has 0 aliphatic rings. The summed E-state index contributed by atoms with van der Waals surface area (Å²) in [6.07, 6.45) is 1.72. The second-order valence-corrected chi connectivity index (χ2v) is 4.83. The molecule has 0 radical (unpaired) electrons. The summed E-state index contributed by atoms with van der Waals surface area (Å²) in [5.41, 5.74) is 6.88. The van der Waals surface area contributed by atoms with Crippen LogP contribution >= 0.6 is 0 Å². The van der Waals surface area contributed by atoms with E-state index >= 15 is 0 Å². The lowest BCUT2D eigenvalue weighted by molar-refractivity contribution is 0.462. The van der Waals surface area contributed by atoms with Gasteiger partial charge in [0.05, 0.1) is 0 Å². The number of fused-ring (bicyclic) bond motifs is 1. The zero-order valence-electron chi connectivity index (χ0n) is 11.3. The first-order valence-corrected chi connectivity index (χ1v) is 6.60. The van der Waals surface area contributed by atoms with Gasteiger partial charge in [-0.25, -0.2) is 4.98 Å². The molecule has 3 heteroatoms. The van der Waals surface area contributed by atoms with Crippen LogP contribution in [-0.4, -0.2) is 4.98 Å². The van der Waals surface area contributed by atoms with Crippen molar-refractivity contribution in [3.63, 3.8) is 0 Å². The van der Waals surface area contributed by atoms with Gasteiger partial charge in [-0.1, -0.05) is 30.3 Å². The van der Waals surface area contributed by atoms with Gasteiger partial charge in [-0.15, -0.1) is 0 Å². The Kier molecular flexibility index (Phi) is 3.35. The Morgan fingerprint density at radius 2 is 1.80 bits per heavy atom. The van der Waals surface area contributed by atoms with Crippen LogP contribution in [0, 0.1) is 0 Å². The fourth-order valence-corrected chi connectivity index (χ4v) is 2.12. The zero-order valence-corrected chi connectivity index (χ0v) is 11.3. The molecule has 1 aromatic heterocycles. The van der Waals surface area contributed by atoms with E-state index in [-0.39, 0.29) is 6.04 Å². The van der Waals surface area contributed by atoms with Gasteiger partial charge in [0.1, 0.15) is 5.75 Å². The van der Waals surface area contributed by atoms with E-state index in [1.807, 2.05) is 49.4 Å². The minimum atomic E-state index is -0.0306. The number of rotatable bonds is 3. The average Bonchev–Trinajstić information content (AvgIpc) is 2.47. The number of nitrogens with zero attached hydrogens (tertiary/aromatic N) is 1. The van der Waals surface area contributed by atoms with Crippen molar-refractivity contribution in [1.82, 2.24) is 4.98 Å². The number of hydrogen-bond donors (Lipinski definition) is 1. The van der Waals surface area contributed by atoms with Gasteiger partial charge in [-0.3, -0.25) is 0 Å². The van der Waals surface area contributed by atoms with Gasteiger partial charge >= 0.3 is 0 Å². The summed E-state index contributed by atoms with van der Waals surface area (Å²) < 4.78 is 5.81. The Hall–Kier alpha value is -2.39. The lowest BCUT2D eigenvalue weighted by Crippen LogP contribution is -2.05. The summed E-state index contributed by atoms with van der Waals surface area (Å²) in [6, 6.07) is 17.9. The van der Waals surface area contributed by atoms with E-state index in [2.05, 4.69) is 17.1 Å². The third kappa shape index (κ3) is 2.63. The number of ether oxygens (including phenoxy) is 1. The van der Waals surface area contributed by atoms with Crippen LogP contribution < -0.4 is 10.5 Å². The molecular formula is C17H16N2O. The number of hydrogen-bond acceptors (Lipinski definition) is 3. The first-order chi connectivity index (χ1) is 9.72. The highest BCUT2D eigenvalue weighted by molar-refractivity contribution is 5.83. The molecule has 0 saturated heterocycles. The Morgan fingerprint density at radius 1 is 1.00 bits per heavy atom. The number of benzene rings is 2. The van der Waals surface area contributed by atoms with E-state index in [9.17, 15) is 0 Å². The van der Waals surface area contributed by atoms with Crippen LogP contribution in [-0.2, 0) is 0 Å². The van der Waals surface area contributed by atoms with Crippen molar-refractivity contribution < 1.29 is 4.74 Å². The van der Waals surface area contributed by atoms with Crippen molar-refractivity contribution >= 4 is 10.8 Å². The van der Waals surface area contributed by atoms with Crippen LogP contribution in [0.2, 0.25) is 0 Å². The van der Waals surface area contributed by atoms with Gasteiger partial charge in [-0.2, -0.15) is 0 Å². The normalized spacial score (nSPS) is 12.3. The maximum Gasteiger partial charge on any atom is 0.219 e. The summed E-state index contributed by atoms with van der Waals surface area (Å²) in [7, 11) is 0. The SMILES string of the molecule is CC(N)c1ccnc(Oc2ccc3ccccc3c2)c1. The quantitative estimate of drug-likeness (QED) is 0.776. The summed E-state index contributed by atoms with van der Waals surface area (Å²) in [5, 5.41) is 2.34. The molecule has 0 aliphatic heterocycles. The van der Waals surface area contributed by atoms with Gasteiger partial charge in [0, 0.05) is 18.3 Å². The first-order valence-electron chi connectivity index (χ1n) is 6.60. The highest BCUT2D eigenvalue weighted by Gasteiger charge is 2.04. The van der Waals surface area contributed by atoms with E-state index in [1.54, 1.807) is 6.20 Å². The third-order valence-corrected chi connectivity index (χ3v) is 3.23. The predicted molar refractivity (Wildman–Crippen MR) is 80.9 cm³/mol. The largest absolute Gasteiger partial charge is 0.439 e. The van der Waals surface area contributed by atoms with Crippen molar-refractivity contribution in [2.45, 2.75) is 13.0 Å². The second kappa shape index (κ2) is 5.31. The molecule has 3 aromatic rings. The van der Waals surface area contributed by atoms with Crippen LogP contribution in [0.15, 0.2) is 60.8 Å². The lowest BCUT2D eigenvalue weighted by Gasteiger charge is -2.09. The summed E-state index contributed by atoms with van der Waals surface area (Å²) in [6.45, 7) is 1.94. The average molecular weight is 264 g/mol. The maximum absolute atomic E-state index is 5.87. The highest BCUT2D eigenvalue weighted by Crippen LogP contribution is 2.25. The molecular weight excluding hydrogens is 248 g/mol. The number of pyridine rings is 1. The smallest absolute Gasteiger partial charge is 0.219 e. The van der Waals surface area contributed by atoms with Crippen LogP contribution in [0.3, 0.4) is 0 Å². The summed E-state index contributed by atoms with van der Waals surface area (Å²) in [5.74, 6) is 1.34. The molecule has 0 bridgehead atoms. The number of aromatic nitrogens is 1. The monoisotopic (exact) mass is 264 g/mol. The molecule has 0 spiro atoms. The van der Waals surface area contributed by atoms with Crippen LogP contribution in [0.25, 0.3) is 10.8 Å². The first kappa shape index (κ1) is 12.6. The van der Waals surface area contributed by atoms with Gasteiger partial charge in [0.15, 0.2) is 0 Å². The molecule has 0 amide bonds.